The fraction of sp³-hybridized carbons (Fsp3) is 0.294. The van der Waals surface area contributed by atoms with Gasteiger partial charge in [-0.15, -0.1) is 0 Å². The van der Waals surface area contributed by atoms with Crippen molar-refractivity contribution < 1.29 is 9.66 Å². The predicted octanol–water partition coefficient (Wildman–Crippen LogP) is 3.84. The summed E-state index contributed by atoms with van der Waals surface area (Å²) < 4.78 is 5.91. The third-order valence-electron chi connectivity index (χ3n) is 4.59. The molecule has 2 aromatic carbocycles. The number of non-ortho nitro benzene ring substituents is 1. The zero-order valence-electron chi connectivity index (χ0n) is 11.9. The molecule has 22 heavy (non-hydrogen) atoms. The number of nitrogens with zero attached hydrogens (tertiary/aromatic N) is 1. The molecule has 0 aromatic heterocycles. The third-order valence-corrected chi connectivity index (χ3v) is 4.59. The van der Waals surface area contributed by atoms with Gasteiger partial charge in [0.15, 0.2) is 0 Å². The summed E-state index contributed by atoms with van der Waals surface area (Å²) in [6.07, 6.45) is 0.890. The lowest BCUT2D eigenvalue weighted by Gasteiger charge is -2.36. The maximum atomic E-state index is 11.0. The van der Waals surface area contributed by atoms with Gasteiger partial charge < -0.3 is 10.1 Å². The van der Waals surface area contributed by atoms with Crippen molar-refractivity contribution in [2.45, 2.75) is 18.6 Å². The lowest BCUT2D eigenvalue weighted by atomic mass is 9.81. The summed E-state index contributed by atoms with van der Waals surface area (Å²) in [5.74, 6) is 0.303. The van der Waals surface area contributed by atoms with Crippen molar-refractivity contribution in [3.63, 3.8) is 0 Å². The molecule has 4 rings (SSSR count). The smallest absolute Gasteiger partial charge is 0.269 e. The molecule has 0 radical (unpaired) electrons. The van der Waals surface area contributed by atoms with Crippen LogP contribution >= 0.6 is 0 Å². The van der Waals surface area contributed by atoms with Gasteiger partial charge in [0.1, 0.15) is 0 Å². The van der Waals surface area contributed by atoms with Crippen LogP contribution in [0.3, 0.4) is 0 Å². The number of ether oxygens (including phenoxy) is 1. The molecule has 112 valence electrons. The highest BCUT2D eigenvalue weighted by Gasteiger charge is 2.41. The number of rotatable bonds is 2. The molecule has 2 aromatic rings. The maximum Gasteiger partial charge on any atom is 0.269 e. The number of nitro groups is 1. The first kappa shape index (κ1) is 13.3. The summed E-state index contributed by atoms with van der Waals surface area (Å²) in [6, 6.07) is 15.5. The van der Waals surface area contributed by atoms with Gasteiger partial charge in [0.05, 0.1) is 17.1 Å². The van der Waals surface area contributed by atoms with E-state index in [2.05, 4.69) is 17.4 Å². The summed E-state index contributed by atoms with van der Waals surface area (Å²) in [5.41, 5.74) is 3.19. The van der Waals surface area contributed by atoms with Crippen LogP contribution in [-0.4, -0.2) is 11.5 Å². The van der Waals surface area contributed by atoms with Gasteiger partial charge >= 0.3 is 0 Å². The van der Waals surface area contributed by atoms with Crippen molar-refractivity contribution in [3.8, 4) is 0 Å². The average molecular weight is 296 g/mol. The highest BCUT2D eigenvalue weighted by atomic mass is 16.6. The van der Waals surface area contributed by atoms with Crippen molar-refractivity contribution in [1.29, 1.82) is 0 Å². The topological polar surface area (TPSA) is 64.4 Å². The molecule has 2 aliphatic heterocycles. The van der Waals surface area contributed by atoms with E-state index in [0.717, 1.165) is 17.7 Å². The van der Waals surface area contributed by atoms with Crippen molar-refractivity contribution in [3.05, 3.63) is 69.8 Å². The normalized spacial score (nSPS) is 25.9. The van der Waals surface area contributed by atoms with Crippen LogP contribution < -0.4 is 5.32 Å². The van der Waals surface area contributed by atoms with Crippen molar-refractivity contribution in [2.24, 2.45) is 5.92 Å². The molecule has 5 heteroatoms. The lowest BCUT2D eigenvalue weighted by molar-refractivity contribution is -0.385. The molecule has 0 amide bonds. The van der Waals surface area contributed by atoms with E-state index in [1.54, 1.807) is 18.2 Å². The highest BCUT2D eigenvalue weighted by molar-refractivity contribution is 5.60. The number of nitro benzene ring substituents is 1. The standard InChI is InChI=1S/C17H16N2O3/c20-19(21)12-6-7-15-14(10-12)17-13(8-9-22-17)16(18-15)11-4-2-1-3-5-11/h1-7,10,13,16-18H,8-9H2/t13-,16-,17-/m1/s1. The van der Waals surface area contributed by atoms with E-state index in [4.69, 9.17) is 4.74 Å². The molecule has 0 spiro atoms. The maximum absolute atomic E-state index is 11.0. The number of hydrogen-bond acceptors (Lipinski definition) is 4. The van der Waals surface area contributed by atoms with E-state index < -0.39 is 0 Å². The Hall–Kier alpha value is -2.40. The second-order valence-electron chi connectivity index (χ2n) is 5.81. The fourth-order valence-electron chi connectivity index (χ4n) is 3.56. The molecule has 1 N–H and O–H groups in total. The SMILES string of the molecule is O=[N+]([O-])c1ccc2c(c1)[C@@H]1OCC[C@@H]1[C@@H](c1ccccc1)N2. The van der Waals surface area contributed by atoms with Crippen LogP contribution in [0, 0.1) is 16.0 Å². The first-order valence-electron chi connectivity index (χ1n) is 7.45. The van der Waals surface area contributed by atoms with E-state index in [-0.39, 0.29) is 22.8 Å². The van der Waals surface area contributed by atoms with Gasteiger partial charge in [-0.2, -0.15) is 0 Å². The molecule has 2 aliphatic rings. The van der Waals surface area contributed by atoms with Gasteiger partial charge in [-0.1, -0.05) is 30.3 Å². The summed E-state index contributed by atoms with van der Waals surface area (Å²) in [5, 5.41) is 14.6. The van der Waals surface area contributed by atoms with E-state index in [1.165, 1.54) is 5.56 Å². The van der Waals surface area contributed by atoms with E-state index in [1.807, 2.05) is 18.2 Å². The molecule has 3 atom stereocenters. The number of fused-ring (bicyclic) bond motifs is 3. The molecule has 1 fully saturated rings. The van der Waals surface area contributed by atoms with Crippen LogP contribution in [0.4, 0.5) is 11.4 Å². The van der Waals surface area contributed by atoms with Gasteiger partial charge in [-0.3, -0.25) is 10.1 Å². The number of nitrogens with one attached hydrogen (secondary N) is 1. The molecule has 0 aliphatic carbocycles. The molecule has 0 unspecified atom stereocenters. The van der Waals surface area contributed by atoms with Crippen LogP contribution in [0.25, 0.3) is 0 Å². The largest absolute Gasteiger partial charge is 0.378 e. The summed E-state index contributed by atoms with van der Waals surface area (Å²) in [7, 11) is 0. The quantitative estimate of drug-likeness (QED) is 0.675. The minimum Gasteiger partial charge on any atom is -0.378 e. The Labute approximate surface area is 128 Å². The average Bonchev–Trinajstić information content (AvgIpc) is 3.04. The minimum absolute atomic E-state index is 0.0682. The first-order valence-corrected chi connectivity index (χ1v) is 7.45. The van der Waals surface area contributed by atoms with E-state index >= 15 is 0 Å². The lowest BCUT2D eigenvalue weighted by Crippen LogP contribution is -2.29. The molecular formula is C17H16N2O3. The van der Waals surface area contributed by atoms with Crippen LogP contribution in [0.2, 0.25) is 0 Å². The van der Waals surface area contributed by atoms with Crippen LogP contribution in [-0.2, 0) is 4.74 Å². The van der Waals surface area contributed by atoms with Crippen LogP contribution in [0.5, 0.6) is 0 Å². The van der Waals surface area contributed by atoms with Gasteiger partial charge in [0.2, 0.25) is 0 Å². The van der Waals surface area contributed by atoms with Gasteiger partial charge in [-0.25, -0.2) is 0 Å². The molecule has 0 saturated carbocycles. The highest BCUT2D eigenvalue weighted by Crippen LogP contribution is 2.50. The summed E-state index contributed by atoms with van der Waals surface area (Å²) in [6.45, 7) is 0.697. The zero-order valence-corrected chi connectivity index (χ0v) is 11.9. The molecule has 0 bridgehead atoms. The van der Waals surface area contributed by atoms with Crippen molar-refractivity contribution in [1.82, 2.24) is 0 Å². The van der Waals surface area contributed by atoms with Crippen LogP contribution in [0.1, 0.15) is 29.7 Å². The van der Waals surface area contributed by atoms with Crippen LogP contribution in [0.15, 0.2) is 48.5 Å². The summed E-state index contributed by atoms with van der Waals surface area (Å²) >= 11 is 0. The van der Waals surface area contributed by atoms with Gasteiger partial charge in [-0.05, 0) is 18.1 Å². The Kier molecular flexibility index (Phi) is 3.08. The second kappa shape index (κ2) is 5.10. The van der Waals surface area contributed by atoms with Gasteiger partial charge in [0.25, 0.3) is 5.69 Å². The second-order valence-corrected chi connectivity index (χ2v) is 5.81. The number of benzene rings is 2. The number of hydrogen-bond donors (Lipinski definition) is 1. The molecule has 5 nitrogen and oxygen atoms in total. The monoisotopic (exact) mass is 296 g/mol. The number of anilines is 1. The Morgan fingerprint density at radius 2 is 2.00 bits per heavy atom. The first-order chi connectivity index (χ1) is 10.7. The summed E-state index contributed by atoms with van der Waals surface area (Å²) in [4.78, 5) is 10.7. The fourth-order valence-corrected chi connectivity index (χ4v) is 3.56. The Balaban J connectivity index is 1.78. The molecule has 1 saturated heterocycles. The van der Waals surface area contributed by atoms with E-state index in [0.29, 0.717) is 12.5 Å². The zero-order chi connectivity index (χ0) is 15.1. The Morgan fingerprint density at radius 1 is 1.18 bits per heavy atom. The van der Waals surface area contributed by atoms with Gasteiger partial charge in [0, 0.05) is 35.9 Å². The Morgan fingerprint density at radius 3 is 2.77 bits per heavy atom. The Bertz CT molecular complexity index is 717. The predicted molar refractivity (Wildman–Crippen MR) is 82.7 cm³/mol. The van der Waals surface area contributed by atoms with E-state index in [9.17, 15) is 10.1 Å². The molecule has 2 heterocycles. The van der Waals surface area contributed by atoms with Crippen molar-refractivity contribution in [2.75, 3.05) is 11.9 Å². The van der Waals surface area contributed by atoms with Crippen molar-refractivity contribution >= 4 is 11.4 Å². The minimum atomic E-state index is -0.354. The molecular weight excluding hydrogens is 280 g/mol. The third kappa shape index (κ3) is 2.05.